The zero-order valence-corrected chi connectivity index (χ0v) is 16.1. The Balaban J connectivity index is 1.63. The van der Waals surface area contributed by atoms with Gasteiger partial charge >= 0.3 is 6.09 Å². The summed E-state index contributed by atoms with van der Waals surface area (Å²) in [5, 5.41) is 0. The number of hydrogen-bond donors (Lipinski definition) is 0. The maximum Gasteiger partial charge on any atom is 0.410 e. The first-order chi connectivity index (χ1) is 12.8. The molecule has 2 aromatic carbocycles. The molecule has 0 spiro atoms. The van der Waals surface area contributed by atoms with Crippen LogP contribution in [-0.2, 0) is 24.2 Å². The summed E-state index contributed by atoms with van der Waals surface area (Å²) in [5.74, 6) is 0.490. The average Bonchev–Trinajstić information content (AvgIpc) is 2.81. The summed E-state index contributed by atoms with van der Waals surface area (Å²) < 4.78 is 24.6. The monoisotopic (exact) mass is 371 g/mol. The third kappa shape index (κ3) is 5.46. The fourth-order valence-electron chi connectivity index (χ4n) is 3.09. The van der Waals surface area contributed by atoms with E-state index in [9.17, 15) is 9.18 Å². The number of rotatable bonds is 3. The van der Waals surface area contributed by atoms with Gasteiger partial charge in [0, 0.05) is 13.1 Å². The van der Waals surface area contributed by atoms with Crippen LogP contribution in [-0.4, -0.2) is 29.7 Å². The lowest BCUT2D eigenvalue weighted by atomic mass is 10.0. The Morgan fingerprint density at radius 2 is 1.81 bits per heavy atom. The van der Waals surface area contributed by atoms with Crippen LogP contribution in [0.2, 0.25) is 0 Å². The molecule has 0 N–H and O–H groups in total. The van der Waals surface area contributed by atoms with Crippen molar-refractivity contribution in [3.8, 4) is 5.75 Å². The van der Waals surface area contributed by atoms with E-state index in [0.717, 1.165) is 24.2 Å². The van der Waals surface area contributed by atoms with Crippen LogP contribution >= 0.6 is 0 Å². The van der Waals surface area contributed by atoms with Gasteiger partial charge in [-0.25, -0.2) is 9.18 Å². The van der Waals surface area contributed by atoms with Gasteiger partial charge in [0.05, 0.1) is 0 Å². The molecule has 1 heterocycles. The van der Waals surface area contributed by atoms with Gasteiger partial charge in [-0.2, -0.15) is 0 Å². The smallest absolute Gasteiger partial charge is 0.410 e. The molecular weight excluding hydrogens is 345 g/mol. The van der Waals surface area contributed by atoms with E-state index in [1.54, 1.807) is 11.0 Å². The molecule has 0 aliphatic carbocycles. The normalized spacial score (nSPS) is 14.3. The molecular formula is C22H26FNO3. The van der Waals surface area contributed by atoms with Gasteiger partial charge in [0.25, 0.3) is 0 Å². The number of amides is 1. The summed E-state index contributed by atoms with van der Waals surface area (Å²) in [6, 6.07) is 12.4. The van der Waals surface area contributed by atoms with Gasteiger partial charge in [0.2, 0.25) is 0 Å². The minimum absolute atomic E-state index is 0.264. The van der Waals surface area contributed by atoms with Gasteiger partial charge in [0.1, 0.15) is 23.8 Å². The Bertz CT molecular complexity index is 813. The lowest BCUT2D eigenvalue weighted by Gasteiger charge is -2.26. The van der Waals surface area contributed by atoms with Crippen molar-refractivity contribution in [1.29, 1.82) is 0 Å². The molecule has 1 aliphatic heterocycles. The number of fused-ring (bicyclic) bond motifs is 1. The number of hydrogen-bond acceptors (Lipinski definition) is 3. The summed E-state index contributed by atoms with van der Waals surface area (Å²) in [4.78, 5) is 14.1. The average molecular weight is 371 g/mol. The molecule has 27 heavy (non-hydrogen) atoms. The fourth-order valence-corrected chi connectivity index (χ4v) is 3.09. The number of benzene rings is 2. The second-order valence-electron chi connectivity index (χ2n) is 7.82. The van der Waals surface area contributed by atoms with Gasteiger partial charge in [-0.05, 0) is 74.6 Å². The molecule has 2 aromatic rings. The Hall–Kier alpha value is -2.56. The first-order valence-corrected chi connectivity index (χ1v) is 9.27. The van der Waals surface area contributed by atoms with Crippen LogP contribution in [0.4, 0.5) is 9.18 Å². The zero-order valence-electron chi connectivity index (χ0n) is 16.1. The highest BCUT2D eigenvalue weighted by Gasteiger charge is 2.24. The molecule has 0 radical (unpaired) electrons. The number of halogens is 1. The first-order valence-electron chi connectivity index (χ1n) is 9.27. The van der Waals surface area contributed by atoms with E-state index in [2.05, 4.69) is 6.07 Å². The Kier molecular flexibility index (Phi) is 5.68. The van der Waals surface area contributed by atoms with Crippen molar-refractivity contribution in [3.63, 3.8) is 0 Å². The minimum Gasteiger partial charge on any atom is -0.489 e. The van der Waals surface area contributed by atoms with Gasteiger partial charge in [-0.15, -0.1) is 0 Å². The lowest BCUT2D eigenvalue weighted by Crippen LogP contribution is -2.38. The van der Waals surface area contributed by atoms with Crippen LogP contribution in [0, 0.1) is 5.82 Å². The Morgan fingerprint density at radius 3 is 2.52 bits per heavy atom. The van der Waals surface area contributed by atoms with Gasteiger partial charge in [0.15, 0.2) is 0 Å². The van der Waals surface area contributed by atoms with Crippen LogP contribution in [0.3, 0.4) is 0 Å². The molecule has 0 fully saturated rings. The van der Waals surface area contributed by atoms with Crippen LogP contribution < -0.4 is 4.74 Å². The highest BCUT2D eigenvalue weighted by Crippen LogP contribution is 2.23. The van der Waals surface area contributed by atoms with Crippen molar-refractivity contribution in [3.05, 3.63) is 65.0 Å². The molecule has 0 saturated heterocycles. The summed E-state index contributed by atoms with van der Waals surface area (Å²) in [6.45, 7) is 7.21. The van der Waals surface area contributed by atoms with Crippen LogP contribution in [0.5, 0.6) is 5.75 Å². The second kappa shape index (κ2) is 7.99. The van der Waals surface area contributed by atoms with Crippen molar-refractivity contribution in [2.75, 3.05) is 13.1 Å². The fraction of sp³-hybridized carbons (Fsp3) is 0.409. The minimum atomic E-state index is -0.492. The predicted molar refractivity (Wildman–Crippen MR) is 102 cm³/mol. The van der Waals surface area contributed by atoms with E-state index in [1.807, 2.05) is 39.0 Å². The predicted octanol–water partition coefficient (Wildman–Crippen LogP) is 4.74. The van der Waals surface area contributed by atoms with Crippen LogP contribution in [0.25, 0.3) is 0 Å². The topological polar surface area (TPSA) is 38.8 Å². The number of carbonyl (C=O) groups is 1. The van der Waals surface area contributed by atoms with Crippen LogP contribution in [0.1, 0.15) is 37.5 Å². The van der Waals surface area contributed by atoms with E-state index in [-0.39, 0.29) is 11.9 Å². The molecule has 1 amide bonds. The highest BCUT2D eigenvalue weighted by atomic mass is 19.1. The molecule has 5 heteroatoms. The summed E-state index contributed by atoms with van der Waals surface area (Å²) in [5.41, 5.74) is 2.70. The third-order valence-electron chi connectivity index (χ3n) is 4.43. The molecule has 0 atom stereocenters. The van der Waals surface area contributed by atoms with Gasteiger partial charge in [-0.3, -0.25) is 0 Å². The van der Waals surface area contributed by atoms with E-state index in [1.165, 1.54) is 23.3 Å². The van der Waals surface area contributed by atoms with Crippen molar-refractivity contribution in [1.82, 2.24) is 4.90 Å². The van der Waals surface area contributed by atoms with Crippen molar-refractivity contribution in [2.45, 2.75) is 45.8 Å². The molecule has 144 valence electrons. The van der Waals surface area contributed by atoms with E-state index < -0.39 is 5.60 Å². The number of carbonyl (C=O) groups excluding carboxylic acids is 1. The summed E-state index contributed by atoms with van der Waals surface area (Å²) in [6.07, 6.45) is 1.28. The Morgan fingerprint density at radius 1 is 1.07 bits per heavy atom. The van der Waals surface area contributed by atoms with Crippen LogP contribution in [0.15, 0.2) is 42.5 Å². The van der Waals surface area contributed by atoms with Crippen molar-refractivity contribution < 1.29 is 18.7 Å². The zero-order chi connectivity index (χ0) is 19.4. The highest BCUT2D eigenvalue weighted by molar-refractivity contribution is 5.68. The van der Waals surface area contributed by atoms with Gasteiger partial charge < -0.3 is 14.4 Å². The maximum absolute atomic E-state index is 13.3. The number of nitrogens with zero attached hydrogens (tertiary/aromatic N) is 1. The summed E-state index contributed by atoms with van der Waals surface area (Å²) >= 11 is 0. The second-order valence-corrected chi connectivity index (χ2v) is 7.82. The quantitative estimate of drug-likeness (QED) is 0.782. The summed E-state index contributed by atoms with van der Waals surface area (Å²) in [7, 11) is 0. The van der Waals surface area contributed by atoms with Crippen molar-refractivity contribution >= 4 is 6.09 Å². The number of ether oxygens (including phenoxy) is 2. The lowest BCUT2D eigenvalue weighted by molar-refractivity contribution is 0.0258. The molecule has 4 nitrogen and oxygen atoms in total. The molecule has 0 saturated carbocycles. The van der Waals surface area contributed by atoms with Gasteiger partial charge in [-0.1, -0.05) is 18.2 Å². The maximum atomic E-state index is 13.3. The molecule has 3 rings (SSSR count). The van der Waals surface area contributed by atoms with Crippen molar-refractivity contribution in [2.24, 2.45) is 0 Å². The molecule has 0 unspecified atom stereocenters. The largest absolute Gasteiger partial charge is 0.489 e. The first kappa shape index (κ1) is 19.2. The van der Waals surface area contributed by atoms with E-state index in [0.29, 0.717) is 19.7 Å². The third-order valence-corrected chi connectivity index (χ3v) is 4.43. The van der Waals surface area contributed by atoms with E-state index in [4.69, 9.17) is 9.47 Å². The SMILES string of the molecule is CC(C)(C)OC(=O)N1CCc2ccc(OCc3cccc(F)c3)cc2CC1. The van der Waals surface area contributed by atoms with E-state index >= 15 is 0 Å². The molecule has 1 aliphatic rings. The Labute approximate surface area is 159 Å². The molecule has 0 aromatic heterocycles. The molecule has 0 bridgehead atoms. The standard InChI is InChI=1S/C22H26FNO3/c1-22(2,3)27-21(25)24-11-9-17-7-8-20(14-18(17)10-12-24)26-15-16-5-4-6-19(23)13-16/h4-8,13-14H,9-12,15H2,1-3H3.